The minimum atomic E-state index is -0.169. The number of carbonyl (C=O) groups excluding carboxylic acids is 2. The molecule has 140 valence electrons. The molecule has 5 heteroatoms. The highest BCUT2D eigenvalue weighted by molar-refractivity contribution is 14.1. The van der Waals surface area contributed by atoms with Crippen molar-refractivity contribution in [2.45, 2.75) is 4.90 Å². The average Bonchev–Trinajstić information content (AvgIpc) is 2.73. The summed E-state index contributed by atoms with van der Waals surface area (Å²) in [7, 11) is 0. The van der Waals surface area contributed by atoms with E-state index in [2.05, 4.69) is 27.9 Å². The quantitative estimate of drug-likeness (QED) is 0.191. The summed E-state index contributed by atoms with van der Waals surface area (Å²) in [5, 5.41) is 2.86. The van der Waals surface area contributed by atoms with Gasteiger partial charge in [-0.1, -0.05) is 30.3 Å². The van der Waals surface area contributed by atoms with Gasteiger partial charge in [-0.2, -0.15) is 0 Å². The van der Waals surface area contributed by atoms with E-state index in [9.17, 15) is 9.59 Å². The molecule has 0 spiro atoms. The van der Waals surface area contributed by atoms with Crippen LogP contribution in [0.3, 0.4) is 0 Å². The maximum atomic E-state index is 12.4. The van der Waals surface area contributed by atoms with Crippen LogP contribution in [-0.2, 0) is 0 Å². The van der Waals surface area contributed by atoms with Gasteiger partial charge in [0.1, 0.15) is 0 Å². The molecule has 0 atom stereocenters. The number of benzene rings is 3. The van der Waals surface area contributed by atoms with Gasteiger partial charge in [-0.3, -0.25) is 9.59 Å². The number of nitrogens with one attached hydrogen (secondary N) is 1. The number of halogens is 1. The second-order valence-corrected chi connectivity index (χ2v) is 8.02. The van der Waals surface area contributed by atoms with Crippen molar-refractivity contribution in [3.8, 4) is 0 Å². The van der Waals surface area contributed by atoms with Crippen LogP contribution >= 0.6 is 34.4 Å². The van der Waals surface area contributed by atoms with Crippen LogP contribution in [0.15, 0.2) is 83.8 Å². The largest absolute Gasteiger partial charge is 0.322 e. The van der Waals surface area contributed by atoms with E-state index in [4.69, 9.17) is 0 Å². The zero-order valence-corrected chi connectivity index (χ0v) is 18.2. The van der Waals surface area contributed by atoms with Crippen molar-refractivity contribution in [2.75, 3.05) is 11.6 Å². The fourth-order valence-corrected chi connectivity index (χ4v) is 3.59. The zero-order valence-electron chi connectivity index (χ0n) is 15.2. The maximum Gasteiger partial charge on any atom is 0.256 e. The van der Waals surface area contributed by atoms with E-state index in [0.29, 0.717) is 16.8 Å². The van der Waals surface area contributed by atoms with Crippen molar-refractivity contribution >= 4 is 57.8 Å². The van der Waals surface area contributed by atoms with Crippen LogP contribution in [0, 0.1) is 3.57 Å². The molecule has 0 bridgehead atoms. The Hall–Kier alpha value is -2.38. The fourth-order valence-electron chi connectivity index (χ4n) is 2.54. The Bertz CT molecular complexity index is 1010. The molecule has 1 N–H and O–H groups in total. The van der Waals surface area contributed by atoms with Crippen LogP contribution < -0.4 is 5.32 Å². The lowest BCUT2D eigenvalue weighted by Crippen LogP contribution is -2.13. The molecular weight excluding hydrogens is 481 g/mol. The molecule has 3 aromatic rings. The first kappa shape index (κ1) is 20.4. The SMILES string of the molecule is CSc1ccc(C=CC(=O)c2ccc(NC(=O)c3ccccc3I)cc2)cc1. The summed E-state index contributed by atoms with van der Waals surface area (Å²) in [6, 6.07) is 22.3. The number of anilines is 1. The van der Waals surface area contributed by atoms with E-state index in [-0.39, 0.29) is 11.7 Å². The highest BCUT2D eigenvalue weighted by atomic mass is 127. The number of allylic oxidation sites excluding steroid dienone is 1. The Morgan fingerprint density at radius 2 is 1.61 bits per heavy atom. The lowest BCUT2D eigenvalue weighted by atomic mass is 10.1. The van der Waals surface area contributed by atoms with Gasteiger partial charge in [-0.25, -0.2) is 0 Å². The lowest BCUT2D eigenvalue weighted by Gasteiger charge is -2.07. The molecule has 0 unspecified atom stereocenters. The van der Waals surface area contributed by atoms with E-state index < -0.39 is 0 Å². The summed E-state index contributed by atoms with van der Waals surface area (Å²) in [5.41, 5.74) is 2.83. The molecule has 0 fully saturated rings. The first-order valence-electron chi connectivity index (χ1n) is 8.59. The van der Waals surface area contributed by atoms with Crippen molar-refractivity contribution < 1.29 is 9.59 Å². The minimum Gasteiger partial charge on any atom is -0.322 e. The van der Waals surface area contributed by atoms with E-state index >= 15 is 0 Å². The molecule has 3 rings (SSSR count). The van der Waals surface area contributed by atoms with Crippen molar-refractivity contribution in [1.29, 1.82) is 0 Å². The van der Waals surface area contributed by atoms with Gasteiger partial charge in [-0.15, -0.1) is 11.8 Å². The number of ketones is 1. The van der Waals surface area contributed by atoms with Gasteiger partial charge in [0.05, 0.1) is 5.56 Å². The number of carbonyl (C=O) groups is 2. The van der Waals surface area contributed by atoms with Crippen molar-refractivity contribution in [1.82, 2.24) is 0 Å². The highest BCUT2D eigenvalue weighted by Crippen LogP contribution is 2.17. The molecule has 0 radical (unpaired) electrons. The van der Waals surface area contributed by atoms with Crippen LogP contribution in [0.2, 0.25) is 0 Å². The lowest BCUT2D eigenvalue weighted by molar-refractivity contribution is 0.102. The van der Waals surface area contributed by atoms with Crippen molar-refractivity contribution in [2.24, 2.45) is 0 Å². The first-order chi connectivity index (χ1) is 13.6. The smallest absolute Gasteiger partial charge is 0.256 e. The predicted molar refractivity (Wildman–Crippen MR) is 125 cm³/mol. The monoisotopic (exact) mass is 499 g/mol. The van der Waals surface area contributed by atoms with Gasteiger partial charge in [0.2, 0.25) is 0 Å². The zero-order chi connectivity index (χ0) is 19.9. The fraction of sp³-hybridized carbons (Fsp3) is 0.0435. The topological polar surface area (TPSA) is 46.2 Å². The molecule has 1 amide bonds. The minimum absolute atomic E-state index is 0.0792. The molecule has 3 aromatic carbocycles. The Morgan fingerprint density at radius 1 is 0.929 bits per heavy atom. The second kappa shape index (κ2) is 9.71. The van der Waals surface area contributed by atoms with Crippen molar-refractivity contribution in [3.63, 3.8) is 0 Å². The predicted octanol–water partition coefficient (Wildman–Crippen LogP) is 6.16. The summed E-state index contributed by atoms with van der Waals surface area (Å²) < 4.78 is 0.889. The molecule has 0 saturated carbocycles. The van der Waals surface area contributed by atoms with E-state index in [0.717, 1.165) is 9.13 Å². The van der Waals surface area contributed by atoms with Gasteiger partial charge < -0.3 is 5.32 Å². The third kappa shape index (κ3) is 5.33. The summed E-state index contributed by atoms with van der Waals surface area (Å²) in [5.74, 6) is -0.248. The van der Waals surface area contributed by atoms with Gasteiger partial charge >= 0.3 is 0 Å². The maximum absolute atomic E-state index is 12.4. The molecule has 0 aromatic heterocycles. The van der Waals surface area contributed by atoms with Crippen molar-refractivity contribution in [3.05, 3.63) is 99.1 Å². The van der Waals surface area contributed by atoms with Crippen LogP contribution in [0.25, 0.3) is 6.08 Å². The first-order valence-corrected chi connectivity index (χ1v) is 10.9. The Morgan fingerprint density at radius 3 is 2.25 bits per heavy atom. The molecule has 0 heterocycles. The van der Waals surface area contributed by atoms with E-state index in [1.165, 1.54) is 4.90 Å². The van der Waals surface area contributed by atoms with E-state index in [1.807, 2.05) is 48.7 Å². The molecule has 0 aliphatic carbocycles. The molecule has 0 saturated heterocycles. The molecule has 28 heavy (non-hydrogen) atoms. The van der Waals surface area contributed by atoms with Crippen LogP contribution in [-0.4, -0.2) is 17.9 Å². The third-order valence-electron chi connectivity index (χ3n) is 4.09. The summed E-state index contributed by atoms with van der Waals surface area (Å²) in [4.78, 5) is 25.9. The number of thioether (sulfide) groups is 1. The normalized spacial score (nSPS) is 10.8. The van der Waals surface area contributed by atoms with Crippen LogP contribution in [0.1, 0.15) is 26.3 Å². The van der Waals surface area contributed by atoms with Gasteiger partial charge in [0, 0.05) is 19.7 Å². The molecule has 0 aliphatic rings. The third-order valence-corrected chi connectivity index (χ3v) is 5.77. The average molecular weight is 499 g/mol. The number of hydrogen-bond acceptors (Lipinski definition) is 3. The summed E-state index contributed by atoms with van der Waals surface area (Å²) >= 11 is 3.82. The Kier molecular flexibility index (Phi) is 7.06. The van der Waals surface area contributed by atoms with Gasteiger partial charge in [-0.05, 0) is 89.0 Å². The Balaban J connectivity index is 1.64. The van der Waals surface area contributed by atoms with Gasteiger partial charge in [0.15, 0.2) is 5.78 Å². The summed E-state index contributed by atoms with van der Waals surface area (Å²) in [6.45, 7) is 0. The molecular formula is C23H18INO2S. The van der Waals surface area contributed by atoms with Gasteiger partial charge in [0.25, 0.3) is 5.91 Å². The Labute approximate surface area is 182 Å². The molecule has 0 aliphatic heterocycles. The summed E-state index contributed by atoms with van der Waals surface area (Å²) in [6.07, 6.45) is 5.40. The number of hydrogen-bond donors (Lipinski definition) is 1. The standard InChI is InChI=1S/C23H18INO2S/c1-28-19-13-6-16(7-14-19)8-15-22(26)17-9-11-18(12-10-17)25-23(27)20-4-2-3-5-21(20)24/h2-15H,1H3,(H,25,27). The van der Waals surface area contributed by atoms with E-state index in [1.54, 1.807) is 54.2 Å². The second-order valence-electron chi connectivity index (χ2n) is 5.98. The van der Waals surface area contributed by atoms with Crippen LogP contribution in [0.5, 0.6) is 0 Å². The number of amides is 1. The van der Waals surface area contributed by atoms with Crippen LogP contribution in [0.4, 0.5) is 5.69 Å². The molecule has 3 nitrogen and oxygen atoms in total. The highest BCUT2D eigenvalue weighted by Gasteiger charge is 2.10. The number of rotatable bonds is 6.